The maximum Gasteiger partial charge on any atom is 0.331 e. The fraction of sp³-hybridized carbons (Fsp3) is 0.190. The summed E-state index contributed by atoms with van der Waals surface area (Å²) in [7, 11) is 4.49. The van der Waals surface area contributed by atoms with Crippen molar-refractivity contribution in [3.63, 3.8) is 0 Å². The Morgan fingerprint density at radius 2 is 1.72 bits per heavy atom. The maximum absolute atomic E-state index is 12.0. The molecule has 0 spiro atoms. The number of hydrogen-bond acceptors (Lipinski definition) is 10. The second-order valence-electron chi connectivity index (χ2n) is 6.20. The number of benzene rings is 2. The van der Waals surface area contributed by atoms with Gasteiger partial charge in [-0.05, 0) is 35.9 Å². The lowest BCUT2D eigenvalue weighted by Crippen LogP contribution is -2.01. The molecule has 11 nitrogen and oxygen atoms in total. The minimum absolute atomic E-state index is 0.0543. The van der Waals surface area contributed by atoms with Gasteiger partial charge in [0.15, 0.2) is 18.1 Å². The molecule has 0 aliphatic rings. The Kier molecular flexibility index (Phi) is 7.01. The van der Waals surface area contributed by atoms with Crippen LogP contribution < -0.4 is 14.2 Å². The number of aromatic nitrogens is 2. The molecule has 0 aliphatic heterocycles. The first-order valence-electron chi connectivity index (χ1n) is 9.17. The van der Waals surface area contributed by atoms with Crippen molar-refractivity contribution in [3.8, 4) is 28.7 Å². The Balaban J connectivity index is 1.62. The van der Waals surface area contributed by atoms with Gasteiger partial charge in [0.25, 0.3) is 11.6 Å². The minimum Gasteiger partial charge on any atom is -0.493 e. The minimum atomic E-state index is -0.631. The van der Waals surface area contributed by atoms with Gasteiger partial charge in [-0.15, -0.1) is 10.2 Å². The van der Waals surface area contributed by atoms with Crippen molar-refractivity contribution in [2.45, 2.75) is 6.61 Å². The van der Waals surface area contributed by atoms with E-state index in [4.69, 9.17) is 23.4 Å². The summed E-state index contributed by atoms with van der Waals surface area (Å²) in [5.41, 5.74) is 1.08. The average molecular weight is 441 g/mol. The van der Waals surface area contributed by atoms with Crippen LogP contribution in [0.15, 0.2) is 46.9 Å². The topological polar surface area (TPSA) is 136 Å². The highest BCUT2D eigenvalue weighted by atomic mass is 16.6. The third-order valence-corrected chi connectivity index (χ3v) is 4.23. The third-order valence-electron chi connectivity index (χ3n) is 4.23. The summed E-state index contributed by atoms with van der Waals surface area (Å²) in [6.07, 6.45) is 2.76. The molecule has 32 heavy (non-hydrogen) atoms. The highest BCUT2D eigenvalue weighted by Gasteiger charge is 2.14. The molecule has 0 unspecified atom stereocenters. The monoisotopic (exact) mass is 441 g/mol. The first-order valence-corrected chi connectivity index (χ1v) is 9.17. The van der Waals surface area contributed by atoms with E-state index in [-0.39, 0.29) is 24.1 Å². The van der Waals surface area contributed by atoms with Crippen LogP contribution >= 0.6 is 0 Å². The molecule has 166 valence electrons. The Labute approximate surface area is 182 Å². The van der Waals surface area contributed by atoms with Crippen molar-refractivity contribution in [1.82, 2.24) is 10.2 Å². The summed E-state index contributed by atoms with van der Waals surface area (Å²) < 4.78 is 26.3. The van der Waals surface area contributed by atoms with Gasteiger partial charge in [0, 0.05) is 23.8 Å². The van der Waals surface area contributed by atoms with Gasteiger partial charge in [-0.3, -0.25) is 10.1 Å². The maximum atomic E-state index is 12.0. The highest BCUT2D eigenvalue weighted by Crippen LogP contribution is 2.38. The first kappa shape index (κ1) is 22.3. The normalized spacial score (nSPS) is 10.7. The number of esters is 1. The lowest BCUT2D eigenvalue weighted by atomic mass is 10.1. The largest absolute Gasteiger partial charge is 0.493 e. The van der Waals surface area contributed by atoms with E-state index in [2.05, 4.69) is 10.2 Å². The van der Waals surface area contributed by atoms with Crippen LogP contribution in [0.4, 0.5) is 5.69 Å². The van der Waals surface area contributed by atoms with E-state index in [0.29, 0.717) is 28.4 Å². The van der Waals surface area contributed by atoms with E-state index >= 15 is 0 Å². The smallest absolute Gasteiger partial charge is 0.331 e. The number of nitro groups is 1. The number of non-ortho nitro benzene ring substituents is 1. The molecular weight excluding hydrogens is 422 g/mol. The molecule has 3 rings (SSSR count). The summed E-state index contributed by atoms with van der Waals surface area (Å²) in [5, 5.41) is 18.4. The van der Waals surface area contributed by atoms with Gasteiger partial charge in [0.05, 0.1) is 26.3 Å². The number of hydrogen-bond donors (Lipinski definition) is 0. The standard InChI is InChI=1S/C21H19N3O8/c1-28-16-10-13(11-17(29-2)20(16)30-3)4-9-19(25)31-12-18-22-23-21(32-18)14-5-7-15(8-6-14)24(26)27/h4-11H,12H2,1-3H3/b9-4+. The van der Waals surface area contributed by atoms with Gasteiger partial charge >= 0.3 is 5.97 Å². The molecule has 0 atom stereocenters. The van der Waals surface area contributed by atoms with E-state index in [9.17, 15) is 14.9 Å². The van der Waals surface area contributed by atoms with E-state index in [1.807, 2.05) is 0 Å². The molecule has 3 aromatic rings. The number of rotatable bonds is 9. The highest BCUT2D eigenvalue weighted by molar-refractivity contribution is 5.87. The van der Waals surface area contributed by atoms with Crippen LogP contribution in [-0.2, 0) is 16.1 Å². The number of ether oxygens (including phenoxy) is 4. The van der Waals surface area contributed by atoms with Gasteiger partial charge in [0.1, 0.15) is 0 Å². The van der Waals surface area contributed by atoms with E-state index in [1.54, 1.807) is 12.1 Å². The van der Waals surface area contributed by atoms with Crippen LogP contribution in [-0.4, -0.2) is 42.4 Å². The predicted molar refractivity (Wildman–Crippen MR) is 111 cm³/mol. The number of nitrogens with zero attached hydrogens (tertiary/aromatic N) is 3. The fourth-order valence-electron chi connectivity index (χ4n) is 2.70. The Morgan fingerprint density at radius 1 is 1.06 bits per heavy atom. The number of methoxy groups -OCH3 is 3. The van der Waals surface area contributed by atoms with Gasteiger partial charge in [-0.2, -0.15) is 0 Å². The fourth-order valence-corrected chi connectivity index (χ4v) is 2.70. The van der Waals surface area contributed by atoms with Crippen LogP contribution in [0.2, 0.25) is 0 Å². The first-order chi connectivity index (χ1) is 15.4. The van der Waals surface area contributed by atoms with E-state index < -0.39 is 10.9 Å². The molecule has 0 saturated carbocycles. The SMILES string of the molecule is COc1cc(/C=C/C(=O)OCc2nnc(-c3ccc([N+](=O)[O-])cc3)o2)cc(OC)c1OC. The average Bonchev–Trinajstić information content (AvgIpc) is 3.29. The quantitative estimate of drug-likeness (QED) is 0.210. The van der Waals surface area contributed by atoms with Crippen molar-refractivity contribution in [2.75, 3.05) is 21.3 Å². The summed E-state index contributed by atoms with van der Waals surface area (Å²) in [5.74, 6) is 0.935. The Bertz CT molecular complexity index is 1110. The number of carbonyl (C=O) groups is 1. The van der Waals surface area contributed by atoms with Crippen LogP contribution in [0.3, 0.4) is 0 Å². The molecule has 0 saturated heterocycles. The van der Waals surface area contributed by atoms with E-state index in [0.717, 1.165) is 0 Å². The molecule has 0 aliphatic carbocycles. The molecule has 0 N–H and O–H groups in total. The number of nitro benzene ring substituents is 1. The van der Waals surface area contributed by atoms with Gasteiger partial charge in [-0.25, -0.2) is 4.79 Å². The van der Waals surface area contributed by atoms with Crippen molar-refractivity contribution >= 4 is 17.7 Å². The molecule has 1 aromatic heterocycles. The molecule has 0 bridgehead atoms. The van der Waals surface area contributed by atoms with Crippen LogP contribution in [0.25, 0.3) is 17.5 Å². The molecule has 0 radical (unpaired) electrons. The zero-order valence-electron chi connectivity index (χ0n) is 17.4. The predicted octanol–water partition coefficient (Wildman–Crippen LogP) is 3.43. The van der Waals surface area contributed by atoms with Crippen molar-refractivity contribution in [2.24, 2.45) is 0 Å². The molecular formula is C21H19N3O8. The van der Waals surface area contributed by atoms with Crippen molar-refractivity contribution in [3.05, 3.63) is 64.0 Å². The van der Waals surface area contributed by atoms with Crippen molar-refractivity contribution < 1.29 is 33.1 Å². The van der Waals surface area contributed by atoms with Gasteiger partial charge in [0.2, 0.25) is 11.6 Å². The van der Waals surface area contributed by atoms with Crippen LogP contribution in [0.1, 0.15) is 11.5 Å². The van der Waals surface area contributed by atoms with E-state index in [1.165, 1.54) is 57.7 Å². The van der Waals surface area contributed by atoms with Crippen LogP contribution in [0.5, 0.6) is 17.2 Å². The van der Waals surface area contributed by atoms with Gasteiger partial charge in [-0.1, -0.05) is 0 Å². The molecule has 2 aromatic carbocycles. The Hall–Kier alpha value is -4.41. The Morgan fingerprint density at radius 3 is 2.28 bits per heavy atom. The van der Waals surface area contributed by atoms with Crippen LogP contribution in [0, 0.1) is 10.1 Å². The molecule has 0 amide bonds. The number of carbonyl (C=O) groups excluding carboxylic acids is 1. The summed E-state index contributed by atoms with van der Waals surface area (Å²) in [6, 6.07) is 8.99. The molecule has 11 heteroatoms. The molecule has 1 heterocycles. The second kappa shape index (κ2) is 10.1. The summed E-state index contributed by atoms with van der Waals surface area (Å²) in [6.45, 7) is -0.238. The second-order valence-corrected chi connectivity index (χ2v) is 6.20. The van der Waals surface area contributed by atoms with Crippen molar-refractivity contribution in [1.29, 1.82) is 0 Å². The lowest BCUT2D eigenvalue weighted by Gasteiger charge is -2.12. The summed E-state index contributed by atoms with van der Waals surface area (Å²) >= 11 is 0. The lowest BCUT2D eigenvalue weighted by molar-refractivity contribution is -0.384. The summed E-state index contributed by atoms with van der Waals surface area (Å²) in [4.78, 5) is 22.3. The van der Waals surface area contributed by atoms with Gasteiger partial charge < -0.3 is 23.4 Å². The third kappa shape index (κ3) is 5.19. The zero-order valence-corrected chi connectivity index (χ0v) is 17.4. The molecule has 0 fully saturated rings. The zero-order chi connectivity index (χ0) is 23.1.